The van der Waals surface area contributed by atoms with Gasteiger partial charge in [0.2, 0.25) is 0 Å². The summed E-state index contributed by atoms with van der Waals surface area (Å²) in [7, 11) is 0. The first-order chi connectivity index (χ1) is 9.66. The largest absolute Gasteiger partial charge is 0.381 e. The summed E-state index contributed by atoms with van der Waals surface area (Å²) in [6.07, 6.45) is 4.76. The summed E-state index contributed by atoms with van der Waals surface area (Å²) in [4.78, 5) is 0. The third kappa shape index (κ3) is 5.23. The van der Waals surface area contributed by atoms with E-state index in [0.717, 1.165) is 12.0 Å². The molecule has 0 aliphatic carbocycles. The Hall–Kier alpha value is -0.900. The van der Waals surface area contributed by atoms with Gasteiger partial charge in [-0.15, -0.1) is 0 Å². The van der Waals surface area contributed by atoms with E-state index in [1.54, 1.807) is 0 Å². The fourth-order valence-electron chi connectivity index (χ4n) is 2.30. The third-order valence-corrected chi connectivity index (χ3v) is 3.89. The molecule has 20 heavy (non-hydrogen) atoms. The minimum absolute atomic E-state index is 0.169. The molecule has 0 saturated heterocycles. The summed E-state index contributed by atoms with van der Waals surface area (Å²) in [6, 6.07) is 9.53. The minimum atomic E-state index is -1.08. The van der Waals surface area contributed by atoms with Crippen molar-refractivity contribution in [3.05, 3.63) is 35.9 Å². The van der Waals surface area contributed by atoms with Crippen molar-refractivity contribution in [2.24, 2.45) is 11.7 Å². The average Bonchev–Trinajstić information content (AvgIpc) is 2.51. The topological polar surface area (TPSA) is 55.5 Å². The van der Waals surface area contributed by atoms with Gasteiger partial charge in [0.1, 0.15) is 5.60 Å². The SMILES string of the molecule is CCCCC(CC)COCC(O)(CN)c1ccccc1. The van der Waals surface area contributed by atoms with Crippen molar-refractivity contribution in [2.45, 2.75) is 45.1 Å². The van der Waals surface area contributed by atoms with Crippen LogP contribution < -0.4 is 5.73 Å². The van der Waals surface area contributed by atoms with Gasteiger partial charge in [-0.3, -0.25) is 0 Å². The van der Waals surface area contributed by atoms with Crippen LogP contribution in [0.15, 0.2) is 30.3 Å². The maximum absolute atomic E-state index is 10.6. The molecule has 2 unspecified atom stereocenters. The van der Waals surface area contributed by atoms with Crippen molar-refractivity contribution in [3.63, 3.8) is 0 Å². The number of rotatable bonds is 10. The molecule has 0 aliphatic rings. The zero-order valence-corrected chi connectivity index (χ0v) is 12.8. The lowest BCUT2D eigenvalue weighted by atomic mass is 9.95. The summed E-state index contributed by atoms with van der Waals surface area (Å²) in [5.74, 6) is 0.577. The Morgan fingerprint density at radius 2 is 1.95 bits per heavy atom. The van der Waals surface area contributed by atoms with Crippen molar-refractivity contribution in [1.82, 2.24) is 0 Å². The van der Waals surface area contributed by atoms with Gasteiger partial charge in [0, 0.05) is 13.2 Å². The second-order valence-electron chi connectivity index (χ2n) is 5.53. The molecule has 0 amide bonds. The third-order valence-electron chi connectivity index (χ3n) is 3.89. The molecule has 0 aliphatic heterocycles. The molecule has 0 spiro atoms. The highest BCUT2D eigenvalue weighted by Gasteiger charge is 2.28. The second-order valence-corrected chi connectivity index (χ2v) is 5.53. The van der Waals surface area contributed by atoms with Gasteiger partial charge >= 0.3 is 0 Å². The number of hydrogen-bond donors (Lipinski definition) is 2. The molecule has 1 aromatic carbocycles. The molecular formula is C17H29NO2. The summed E-state index contributed by atoms with van der Waals surface area (Å²) < 4.78 is 5.76. The van der Waals surface area contributed by atoms with E-state index in [4.69, 9.17) is 10.5 Å². The van der Waals surface area contributed by atoms with E-state index in [-0.39, 0.29) is 13.2 Å². The zero-order valence-electron chi connectivity index (χ0n) is 12.8. The molecule has 3 N–H and O–H groups in total. The van der Waals surface area contributed by atoms with E-state index in [1.807, 2.05) is 30.3 Å². The molecule has 0 radical (unpaired) electrons. The van der Waals surface area contributed by atoms with Crippen LogP contribution in [0.1, 0.15) is 45.1 Å². The van der Waals surface area contributed by atoms with Crippen LogP contribution in [0.4, 0.5) is 0 Å². The first-order valence-electron chi connectivity index (χ1n) is 7.72. The van der Waals surface area contributed by atoms with E-state index in [2.05, 4.69) is 13.8 Å². The lowest BCUT2D eigenvalue weighted by Crippen LogP contribution is -2.40. The molecule has 114 valence electrons. The van der Waals surface area contributed by atoms with E-state index >= 15 is 0 Å². The lowest BCUT2D eigenvalue weighted by Gasteiger charge is -2.28. The van der Waals surface area contributed by atoms with E-state index in [1.165, 1.54) is 19.3 Å². The van der Waals surface area contributed by atoms with Crippen molar-refractivity contribution in [1.29, 1.82) is 0 Å². The quantitative estimate of drug-likeness (QED) is 0.692. The van der Waals surface area contributed by atoms with Gasteiger partial charge in [-0.25, -0.2) is 0 Å². The molecule has 0 bridgehead atoms. The molecule has 0 heterocycles. The van der Waals surface area contributed by atoms with Crippen LogP contribution in [0.5, 0.6) is 0 Å². The van der Waals surface area contributed by atoms with Gasteiger partial charge < -0.3 is 15.6 Å². The van der Waals surface area contributed by atoms with Gasteiger partial charge in [0.15, 0.2) is 0 Å². The highest BCUT2D eigenvalue weighted by atomic mass is 16.5. The van der Waals surface area contributed by atoms with Crippen LogP contribution in [0.2, 0.25) is 0 Å². The Labute approximate surface area is 123 Å². The van der Waals surface area contributed by atoms with E-state index in [9.17, 15) is 5.11 Å². The van der Waals surface area contributed by atoms with Crippen molar-refractivity contribution >= 4 is 0 Å². The Bertz CT molecular complexity index is 355. The molecule has 0 fully saturated rings. The van der Waals surface area contributed by atoms with Crippen molar-refractivity contribution in [3.8, 4) is 0 Å². The van der Waals surface area contributed by atoms with Gasteiger partial charge in [-0.1, -0.05) is 63.4 Å². The summed E-state index contributed by atoms with van der Waals surface area (Å²) in [5.41, 5.74) is 5.48. The average molecular weight is 279 g/mol. The van der Waals surface area contributed by atoms with Crippen LogP contribution in [-0.2, 0) is 10.3 Å². The Morgan fingerprint density at radius 3 is 2.50 bits per heavy atom. The Morgan fingerprint density at radius 1 is 1.25 bits per heavy atom. The summed E-state index contributed by atoms with van der Waals surface area (Å²) in [6.45, 7) is 5.52. The molecule has 0 aromatic heterocycles. The summed E-state index contributed by atoms with van der Waals surface area (Å²) in [5, 5.41) is 10.6. The molecular weight excluding hydrogens is 250 g/mol. The number of benzene rings is 1. The molecule has 2 atom stereocenters. The number of nitrogens with two attached hydrogens (primary N) is 1. The van der Waals surface area contributed by atoms with Gasteiger partial charge in [0.05, 0.1) is 6.61 Å². The van der Waals surface area contributed by atoms with Crippen LogP contribution in [-0.4, -0.2) is 24.9 Å². The van der Waals surface area contributed by atoms with E-state index in [0.29, 0.717) is 12.5 Å². The Balaban J connectivity index is 2.49. The highest BCUT2D eigenvalue weighted by Crippen LogP contribution is 2.21. The van der Waals surface area contributed by atoms with Gasteiger partial charge in [-0.2, -0.15) is 0 Å². The molecule has 1 rings (SSSR count). The lowest BCUT2D eigenvalue weighted by molar-refractivity contribution is -0.0534. The molecule has 3 nitrogen and oxygen atoms in total. The number of hydrogen-bond acceptors (Lipinski definition) is 3. The van der Waals surface area contributed by atoms with Crippen LogP contribution >= 0.6 is 0 Å². The predicted molar refractivity (Wildman–Crippen MR) is 83.5 cm³/mol. The zero-order chi connectivity index (χ0) is 14.8. The Kier molecular flexibility index (Phi) is 7.82. The minimum Gasteiger partial charge on any atom is -0.381 e. The highest BCUT2D eigenvalue weighted by molar-refractivity contribution is 5.22. The first kappa shape index (κ1) is 17.2. The van der Waals surface area contributed by atoms with Gasteiger partial charge in [-0.05, 0) is 17.9 Å². The smallest absolute Gasteiger partial charge is 0.125 e. The fraction of sp³-hybridized carbons (Fsp3) is 0.647. The maximum atomic E-state index is 10.6. The molecule has 3 heteroatoms. The van der Waals surface area contributed by atoms with Crippen molar-refractivity contribution in [2.75, 3.05) is 19.8 Å². The fourth-order valence-corrected chi connectivity index (χ4v) is 2.30. The van der Waals surface area contributed by atoms with Crippen molar-refractivity contribution < 1.29 is 9.84 Å². The van der Waals surface area contributed by atoms with Gasteiger partial charge in [0.25, 0.3) is 0 Å². The monoisotopic (exact) mass is 279 g/mol. The standard InChI is InChI=1S/C17H29NO2/c1-3-5-9-15(4-2)12-20-14-17(19,13-18)16-10-7-6-8-11-16/h6-8,10-11,15,19H,3-5,9,12-14,18H2,1-2H3. The number of unbranched alkanes of at least 4 members (excludes halogenated alkanes) is 1. The second kappa shape index (κ2) is 9.11. The van der Waals surface area contributed by atoms with Crippen LogP contribution in [0.25, 0.3) is 0 Å². The van der Waals surface area contributed by atoms with Crippen LogP contribution in [0, 0.1) is 5.92 Å². The molecule has 0 saturated carbocycles. The first-order valence-corrected chi connectivity index (χ1v) is 7.72. The van der Waals surface area contributed by atoms with Crippen LogP contribution in [0.3, 0.4) is 0 Å². The number of ether oxygens (including phenoxy) is 1. The number of aliphatic hydroxyl groups is 1. The molecule has 1 aromatic rings. The normalized spacial score (nSPS) is 15.8. The summed E-state index contributed by atoms with van der Waals surface area (Å²) >= 11 is 0. The maximum Gasteiger partial charge on any atom is 0.125 e. The predicted octanol–water partition coefficient (Wildman–Crippen LogP) is 3.07. The van der Waals surface area contributed by atoms with E-state index < -0.39 is 5.60 Å².